The van der Waals surface area contributed by atoms with Crippen molar-refractivity contribution in [2.24, 2.45) is 0 Å². The first-order valence-corrected chi connectivity index (χ1v) is 9.09. The maximum atomic E-state index is 11.6. The van der Waals surface area contributed by atoms with Gasteiger partial charge in [0.25, 0.3) is 0 Å². The number of carbonyl (C=O) groups excluding carboxylic acids is 1. The van der Waals surface area contributed by atoms with Crippen molar-refractivity contribution < 1.29 is 14.1 Å². The van der Waals surface area contributed by atoms with Gasteiger partial charge in [0.15, 0.2) is 11.5 Å². The van der Waals surface area contributed by atoms with Gasteiger partial charge < -0.3 is 9.26 Å². The summed E-state index contributed by atoms with van der Waals surface area (Å²) in [5, 5.41) is 4.13. The molecule has 0 atom stereocenters. The lowest BCUT2D eigenvalue weighted by molar-refractivity contribution is 0.101. The predicted octanol–water partition coefficient (Wildman–Crippen LogP) is 4.99. The van der Waals surface area contributed by atoms with E-state index in [4.69, 9.17) is 9.26 Å². The number of carbonyl (C=O) groups is 1. The van der Waals surface area contributed by atoms with Gasteiger partial charge in [0.1, 0.15) is 5.75 Å². The molecule has 3 aromatic rings. The zero-order chi connectivity index (χ0) is 17.6. The van der Waals surface area contributed by atoms with Gasteiger partial charge in [0.2, 0.25) is 0 Å². The molecule has 0 N–H and O–H groups in total. The minimum absolute atomic E-state index is 0.0536. The molecule has 0 amide bonds. The van der Waals surface area contributed by atoms with Gasteiger partial charge in [-0.1, -0.05) is 35.5 Å². The van der Waals surface area contributed by atoms with Crippen LogP contribution in [0.3, 0.4) is 0 Å². The lowest BCUT2D eigenvalue weighted by Crippen LogP contribution is -1.97. The number of aromatic nitrogens is 1. The third-order valence-electron chi connectivity index (χ3n) is 3.81. The van der Waals surface area contributed by atoms with E-state index >= 15 is 0 Å². The standard InChI is InChI=1S/C20H19NO3S/c1-14(22)16-8-9-19(23-2)17(10-16)12-25-13-18-11-20(24-21-18)15-6-4-3-5-7-15/h3-11H,12-13H2,1-2H3. The molecule has 1 aromatic heterocycles. The van der Waals surface area contributed by atoms with Crippen molar-refractivity contribution in [3.8, 4) is 17.1 Å². The summed E-state index contributed by atoms with van der Waals surface area (Å²) in [6.45, 7) is 1.57. The zero-order valence-electron chi connectivity index (χ0n) is 14.2. The van der Waals surface area contributed by atoms with Crippen LogP contribution in [-0.2, 0) is 11.5 Å². The summed E-state index contributed by atoms with van der Waals surface area (Å²) in [5.41, 5.74) is 3.61. The summed E-state index contributed by atoms with van der Waals surface area (Å²) in [6, 6.07) is 17.4. The molecule has 4 nitrogen and oxygen atoms in total. The average molecular weight is 353 g/mol. The van der Waals surface area contributed by atoms with Gasteiger partial charge in [0, 0.05) is 34.3 Å². The second-order valence-corrected chi connectivity index (χ2v) is 6.61. The Kier molecular flexibility index (Phi) is 5.56. The number of hydrogen-bond acceptors (Lipinski definition) is 5. The first-order chi connectivity index (χ1) is 12.2. The van der Waals surface area contributed by atoms with E-state index in [1.807, 2.05) is 48.5 Å². The van der Waals surface area contributed by atoms with Crippen molar-refractivity contribution in [2.45, 2.75) is 18.4 Å². The number of thioether (sulfide) groups is 1. The van der Waals surface area contributed by atoms with E-state index in [1.165, 1.54) is 0 Å². The predicted molar refractivity (Wildman–Crippen MR) is 99.9 cm³/mol. The van der Waals surface area contributed by atoms with E-state index in [0.29, 0.717) is 5.56 Å². The molecular formula is C20H19NO3S. The number of methoxy groups -OCH3 is 1. The van der Waals surface area contributed by atoms with Crippen molar-refractivity contribution in [2.75, 3.05) is 7.11 Å². The second kappa shape index (κ2) is 8.03. The maximum absolute atomic E-state index is 11.6. The second-order valence-electron chi connectivity index (χ2n) is 5.62. The Bertz CT molecular complexity index is 858. The van der Waals surface area contributed by atoms with Crippen molar-refractivity contribution in [1.29, 1.82) is 0 Å². The molecule has 0 spiro atoms. The van der Waals surface area contributed by atoms with Crippen molar-refractivity contribution in [3.05, 3.63) is 71.4 Å². The highest BCUT2D eigenvalue weighted by Gasteiger charge is 2.10. The lowest BCUT2D eigenvalue weighted by atomic mass is 10.1. The van der Waals surface area contributed by atoms with Gasteiger partial charge in [-0.2, -0.15) is 11.8 Å². The van der Waals surface area contributed by atoms with E-state index < -0.39 is 0 Å². The van der Waals surface area contributed by atoms with Crippen LogP contribution in [0.25, 0.3) is 11.3 Å². The summed E-state index contributed by atoms with van der Waals surface area (Å²) < 4.78 is 10.8. The smallest absolute Gasteiger partial charge is 0.167 e. The van der Waals surface area contributed by atoms with Gasteiger partial charge in [-0.15, -0.1) is 0 Å². The van der Waals surface area contributed by atoms with Crippen molar-refractivity contribution in [1.82, 2.24) is 5.16 Å². The van der Waals surface area contributed by atoms with Crippen LogP contribution < -0.4 is 4.74 Å². The molecule has 0 radical (unpaired) electrons. The lowest BCUT2D eigenvalue weighted by Gasteiger charge is -2.09. The Balaban J connectivity index is 1.64. The Morgan fingerprint density at radius 2 is 1.92 bits per heavy atom. The van der Waals surface area contributed by atoms with Crippen LogP contribution in [0.1, 0.15) is 28.5 Å². The minimum Gasteiger partial charge on any atom is -0.496 e. The highest BCUT2D eigenvalue weighted by atomic mass is 32.2. The third kappa shape index (κ3) is 4.31. The van der Waals surface area contributed by atoms with Gasteiger partial charge >= 0.3 is 0 Å². The molecule has 1 heterocycles. The molecule has 5 heteroatoms. The van der Waals surface area contributed by atoms with Crippen LogP contribution in [0, 0.1) is 0 Å². The molecule has 0 saturated carbocycles. The molecular weight excluding hydrogens is 334 g/mol. The molecule has 25 heavy (non-hydrogen) atoms. The largest absolute Gasteiger partial charge is 0.496 e. The van der Waals surface area contributed by atoms with Crippen LogP contribution in [0.5, 0.6) is 5.75 Å². The van der Waals surface area contributed by atoms with E-state index in [2.05, 4.69) is 5.16 Å². The average Bonchev–Trinajstić information content (AvgIpc) is 3.11. The Morgan fingerprint density at radius 1 is 1.12 bits per heavy atom. The Morgan fingerprint density at radius 3 is 2.64 bits per heavy atom. The summed E-state index contributed by atoms with van der Waals surface area (Å²) in [6.07, 6.45) is 0. The quantitative estimate of drug-likeness (QED) is 0.560. The highest BCUT2D eigenvalue weighted by Crippen LogP contribution is 2.27. The normalized spacial score (nSPS) is 10.6. The fraction of sp³-hybridized carbons (Fsp3) is 0.200. The number of nitrogens with zero attached hydrogens (tertiary/aromatic N) is 1. The van der Waals surface area contributed by atoms with E-state index in [1.54, 1.807) is 31.9 Å². The molecule has 0 unspecified atom stereocenters. The SMILES string of the molecule is COc1ccc(C(C)=O)cc1CSCc1cc(-c2ccccc2)on1. The van der Waals surface area contributed by atoms with Crippen LogP contribution in [0.15, 0.2) is 59.1 Å². The van der Waals surface area contributed by atoms with Gasteiger partial charge in [-0.25, -0.2) is 0 Å². The molecule has 0 aliphatic rings. The molecule has 2 aromatic carbocycles. The van der Waals surface area contributed by atoms with Gasteiger partial charge in [-0.05, 0) is 25.1 Å². The molecule has 128 valence electrons. The summed E-state index contributed by atoms with van der Waals surface area (Å²) in [5.74, 6) is 3.08. The molecule has 0 fully saturated rings. The summed E-state index contributed by atoms with van der Waals surface area (Å²) in [7, 11) is 1.64. The van der Waals surface area contributed by atoms with Crippen LogP contribution in [-0.4, -0.2) is 18.0 Å². The number of ether oxygens (including phenoxy) is 1. The number of ketones is 1. The monoisotopic (exact) mass is 353 g/mol. The maximum Gasteiger partial charge on any atom is 0.167 e. The fourth-order valence-corrected chi connectivity index (χ4v) is 3.39. The van der Waals surface area contributed by atoms with Crippen LogP contribution in [0.4, 0.5) is 0 Å². The van der Waals surface area contributed by atoms with Gasteiger partial charge in [0.05, 0.1) is 12.8 Å². The van der Waals surface area contributed by atoms with Crippen LogP contribution in [0.2, 0.25) is 0 Å². The zero-order valence-corrected chi connectivity index (χ0v) is 15.0. The molecule has 0 saturated heterocycles. The molecule has 0 aliphatic heterocycles. The van der Waals surface area contributed by atoms with Crippen molar-refractivity contribution >= 4 is 17.5 Å². The number of hydrogen-bond donors (Lipinski definition) is 0. The Hall–Kier alpha value is -2.53. The minimum atomic E-state index is 0.0536. The van der Waals surface area contributed by atoms with Crippen LogP contribution >= 0.6 is 11.8 Å². The van der Waals surface area contributed by atoms with E-state index in [-0.39, 0.29) is 5.78 Å². The number of benzene rings is 2. The summed E-state index contributed by atoms with van der Waals surface area (Å²) >= 11 is 1.70. The van der Waals surface area contributed by atoms with E-state index in [0.717, 1.165) is 39.8 Å². The first kappa shape index (κ1) is 17.3. The molecule has 3 rings (SSSR count). The van der Waals surface area contributed by atoms with Gasteiger partial charge in [-0.3, -0.25) is 4.79 Å². The Labute approximate surface area is 151 Å². The fourth-order valence-electron chi connectivity index (χ4n) is 2.49. The summed E-state index contributed by atoms with van der Waals surface area (Å²) in [4.78, 5) is 11.6. The van der Waals surface area contributed by atoms with Crippen molar-refractivity contribution in [3.63, 3.8) is 0 Å². The third-order valence-corrected chi connectivity index (χ3v) is 4.83. The number of rotatable bonds is 7. The topological polar surface area (TPSA) is 52.3 Å². The molecule has 0 aliphatic carbocycles. The highest BCUT2D eigenvalue weighted by molar-refractivity contribution is 7.97. The van der Waals surface area contributed by atoms with E-state index in [9.17, 15) is 4.79 Å². The number of Topliss-reactive ketones (excluding diaryl/α,β-unsaturated/α-hetero) is 1. The molecule has 0 bridgehead atoms. The first-order valence-electron chi connectivity index (χ1n) is 7.94.